The quantitative estimate of drug-likeness (QED) is 0.702. The third kappa shape index (κ3) is 5.01. The molecule has 3 heteroatoms. The standard InChI is InChI=1S/C17H37N3/c1-7-11-18-16-15(9-10-17(16,3)4)20(12-8-2)14-13-19(5)6/h15-16,18H,7-14H2,1-6H3. The number of nitrogens with zero attached hydrogens (tertiary/aromatic N) is 2. The zero-order valence-electron chi connectivity index (χ0n) is 14.7. The highest BCUT2D eigenvalue weighted by Crippen LogP contribution is 2.39. The molecule has 3 nitrogen and oxygen atoms in total. The first-order chi connectivity index (χ1) is 9.42. The first-order valence-electron chi connectivity index (χ1n) is 8.54. The maximum Gasteiger partial charge on any atom is 0.0274 e. The van der Waals surface area contributed by atoms with E-state index in [0.29, 0.717) is 11.5 Å². The lowest BCUT2D eigenvalue weighted by molar-refractivity contribution is 0.134. The highest BCUT2D eigenvalue weighted by Gasteiger charge is 2.43. The van der Waals surface area contributed by atoms with Crippen molar-refractivity contribution in [2.24, 2.45) is 5.41 Å². The normalized spacial score (nSPS) is 25.8. The minimum atomic E-state index is 0.434. The minimum Gasteiger partial charge on any atom is -0.312 e. The molecule has 0 aromatic rings. The van der Waals surface area contributed by atoms with E-state index < -0.39 is 0 Å². The molecule has 0 radical (unpaired) electrons. The van der Waals surface area contributed by atoms with Crippen molar-refractivity contribution in [2.45, 2.75) is 65.5 Å². The van der Waals surface area contributed by atoms with Crippen LogP contribution in [0.4, 0.5) is 0 Å². The summed E-state index contributed by atoms with van der Waals surface area (Å²) in [5.41, 5.74) is 0.434. The molecule has 0 amide bonds. The lowest BCUT2D eigenvalue weighted by atomic mass is 9.86. The van der Waals surface area contributed by atoms with Gasteiger partial charge in [-0.2, -0.15) is 0 Å². The molecule has 1 rings (SSSR count). The number of hydrogen-bond acceptors (Lipinski definition) is 3. The largest absolute Gasteiger partial charge is 0.312 e. The molecule has 0 aromatic carbocycles. The molecule has 20 heavy (non-hydrogen) atoms. The van der Waals surface area contributed by atoms with Crippen molar-refractivity contribution in [3.05, 3.63) is 0 Å². The zero-order valence-corrected chi connectivity index (χ0v) is 14.7. The molecule has 120 valence electrons. The summed E-state index contributed by atoms with van der Waals surface area (Å²) in [5.74, 6) is 0. The summed E-state index contributed by atoms with van der Waals surface area (Å²) >= 11 is 0. The van der Waals surface area contributed by atoms with Crippen molar-refractivity contribution in [3.8, 4) is 0 Å². The van der Waals surface area contributed by atoms with Crippen LogP contribution in [0.15, 0.2) is 0 Å². The van der Waals surface area contributed by atoms with Crippen molar-refractivity contribution in [1.29, 1.82) is 0 Å². The molecule has 0 heterocycles. The van der Waals surface area contributed by atoms with E-state index >= 15 is 0 Å². The summed E-state index contributed by atoms with van der Waals surface area (Å²) in [5, 5.41) is 3.84. The number of hydrogen-bond donors (Lipinski definition) is 1. The van der Waals surface area contributed by atoms with Crippen LogP contribution in [0.5, 0.6) is 0 Å². The van der Waals surface area contributed by atoms with E-state index in [9.17, 15) is 0 Å². The Balaban J connectivity index is 2.70. The monoisotopic (exact) mass is 283 g/mol. The molecule has 1 aliphatic carbocycles. The van der Waals surface area contributed by atoms with Gasteiger partial charge in [-0.15, -0.1) is 0 Å². The van der Waals surface area contributed by atoms with Crippen LogP contribution in [-0.4, -0.2) is 62.2 Å². The third-order valence-electron chi connectivity index (χ3n) is 4.74. The Morgan fingerprint density at radius 1 is 1.05 bits per heavy atom. The van der Waals surface area contributed by atoms with Crippen LogP contribution in [0.2, 0.25) is 0 Å². The molecule has 1 saturated carbocycles. The van der Waals surface area contributed by atoms with Gasteiger partial charge in [0.15, 0.2) is 0 Å². The van der Waals surface area contributed by atoms with Crippen LogP contribution < -0.4 is 5.32 Å². The van der Waals surface area contributed by atoms with Gasteiger partial charge in [-0.25, -0.2) is 0 Å². The van der Waals surface area contributed by atoms with E-state index in [2.05, 4.69) is 56.9 Å². The molecule has 0 bridgehead atoms. The Labute approximate surface area is 127 Å². The van der Waals surface area contributed by atoms with Crippen molar-refractivity contribution < 1.29 is 0 Å². The van der Waals surface area contributed by atoms with Crippen molar-refractivity contribution >= 4 is 0 Å². The minimum absolute atomic E-state index is 0.434. The fraction of sp³-hybridized carbons (Fsp3) is 1.00. The van der Waals surface area contributed by atoms with Gasteiger partial charge in [0.1, 0.15) is 0 Å². The summed E-state index contributed by atoms with van der Waals surface area (Å²) in [6, 6.07) is 1.37. The summed E-state index contributed by atoms with van der Waals surface area (Å²) < 4.78 is 0. The van der Waals surface area contributed by atoms with Gasteiger partial charge in [0.25, 0.3) is 0 Å². The van der Waals surface area contributed by atoms with Crippen LogP contribution in [0, 0.1) is 5.41 Å². The van der Waals surface area contributed by atoms with Crippen LogP contribution in [0.3, 0.4) is 0 Å². The van der Waals surface area contributed by atoms with Crippen molar-refractivity contribution in [2.75, 3.05) is 40.3 Å². The highest BCUT2D eigenvalue weighted by molar-refractivity contribution is 5.01. The molecule has 2 unspecified atom stereocenters. The smallest absolute Gasteiger partial charge is 0.0274 e. The second kappa shape index (κ2) is 8.35. The van der Waals surface area contributed by atoms with E-state index in [-0.39, 0.29) is 0 Å². The second-order valence-corrected chi connectivity index (χ2v) is 7.37. The molecule has 0 saturated heterocycles. The lowest BCUT2D eigenvalue weighted by Crippen LogP contribution is -2.53. The van der Waals surface area contributed by atoms with Crippen LogP contribution in [0.25, 0.3) is 0 Å². The number of rotatable bonds is 9. The molecule has 0 aliphatic heterocycles. The molecular weight excluding hydrogens is 246 g/mol. The number of nitrogens with one attached hydrogen (secondary N) is 1. The van der Waals surface area contributed by atoms with E-state index in [4.69, 9.17) is 0 Å². The summed E-state index contributed by atoms with van der Waals surface area (Å²) in [7, 11) is 4.35. The van der Waals surface area contributed by atoms with Crippen LogP contribution >= 0.6 is 0 Å². The van der Waals surface area contributed by atoms with Crippen molar-refractivity contribution in [1.82, 2.24) is 15.1 Å². The Hall–Kier alpha value is -0.120. The first-order valence-corrected chi connectivity index (χ1v) is 8.54. The summed E-state index contributed by atoms with van der Waals surface area (Å²) in [4.78, 5) is 5.04. The van der Waals surface area contributed by atoms with Gasteiger partial charge in [0, 0.05) is 25.2 Å². The van der Waals surface area contributed by atoms with Gasteiger partial charge in [-0.05, 0) is 58.3 Å². The molecule has 0 aromatic heterocycles. The van der Waals surface area contributed by atoms with Crippen LogP contribution in [-0.2, 0) is 0 Å². The van der Waals surface area contributed by atoms with Gasteiger partial charge in [-0.3, -0.25) is 4.90 Å². The fourth-order valence-electron chi connectivity index (χ4n) is 3.53. The predicted molar refractivity (Wildman–Crippen MR) is 89.3 cm³/mol. The van der Waals surface area contributed by atoms with Gasteiger partial charge < -0.3 is 10.2 Å². The average molecular weight is 284 g/mol. The second-order valence-electron chi connectivity index (χ2n) is 7.37. The molecule has 1 N–H and O–H groups in total. The maximum atomic E-state index is 3.84. The summed E-state index contributed by atoms with van der Waals surface area (Å²) in [6.07, 6.45) is 5.18. The fourth-order valence-corrected chi connectivity index (χ4v) is 3.53. The Bertz CT molecular complexity index is 263. The Morgan fingerprint density at radius 3 is 2.30 bits per heavy atom. The number of likely N-dealkylation sites (N-methyl/N-ethyl adjacent to an activating group) is 1. The molecule has 1 fully saturated rings. The highest BCUT2D eigenvalue weighted by atomic mass is 15.2. The van der Waals surface area contributed by atoms with Gasteiger partial charge in [-0.1, -0.05) is 27.7 Å². The third-order valence-corrected chi connectivity index (χ3v) is 4.74. The molecule has 2 atom stereocenters. The Kier molecular flexibility index (Phi) is 7.49. The van der Waals surface area contributed by atoms with Crippen LogP contribution in [0.1, 0.15) is 53.4 Å². The van der Waals surface area contributed by atoms with Gasteiger partial charge in [0.2, 0.25) is 0 Å². The molecule has 1 aliphatic rings. The molecular formula is C17H37N3. The predicted octanol–water partition coefficient (Wildman–Crippen LogP) is 2.82. The maximum absolute atomic E-state index is 3.84. The van der Waals surface area contributed by atoms with Gasteiger partial charge in [0.05, 0.1) is 0 Å². The van der Waals surface area contributed by atoms with E-state index in [1.165, 1.54) is 38.8 Å². The SMILES string of the molecule is CCCNC1C(N(CCC)CCN(C)C)CCC1(C)C. The topological polar surface area (TPSA) is 18.5 Å². The lowest BCUT2D eigenvalue weighted by Gasteiger charge is -2.38. The zero-order chi connectivity index (χ0) is 15.2. The summed E-state index contributed by atoms with van der Waals surface area (Å²) in [6.45, 7) is 14.2. The molecule has 0 spiro atoms. The van der Waals surface area contributed by atoms with E-state index in [0.717, 1.165) is 19.1 Å². The van der Waals surface area contributed by atoms with Crippen molar-refractivity contribution in [3.63, 3.8) is 0 Å². The van der Waals surface area contributed by atoms with Gasteiger partial charge >= 0.3 is 0 Å². The van der Waals surface area contributed by atoms with E-state index in [1.807, 2.05) is 0 Å². The Morgan fingerprint density at radius 2 is 1.75 bits per heavy atom. The first kappa shape index (κ1) is 17.9. The van der Waals surface area contributed by atoms with E-state index in [1.54, 1.807) is 0 Å². The average Bonchev–Trinajstić information content (AvgIpc) is 2.67.